The normalized spacial score (nSPS) is 15.4. The Balaban J connectivity index is 1.50. The Kier molecular flexibility index (Phi) is 6.18. The monoisotopic (exact) mass is 412 g/mol. The predicted octanol–water partition coefficient (Wildman–Crippen LogP) is 4.52. The number of hydrogen-bond donors (Lipinski definition) is 0. The summed E-state index contributed by atoms with van der Waals surface area (Å²) < 4.78 is 1.89. The van der Waals surface area contributed by atoms with Crippen molar-refractivity contribution in [1.29, 1.82) is 5.26 Å². The molecule has 1 aliphatic heterocycles. The summed E-state index contributed by atoms with van der Waals surface area (Å²) in [4.78, 5) is 15.2. The molecule has 1 aromatic heterocycles. The summed E-state index contributed by atoms with van der Waals surface area (Å²) in [5.74, 6) is 0.381. The Morgan fingerprint density at radius 2 is 1.87 bits per heavy atom. The number of fused-ring (bicyclic) bond motifs is 1. The van der Waals surface area contributed by atoms with E-state index >= 15 is 0 Å². The molecule has 3 aromatic rings. The van der Waals surface area contributed by atoms with Crippen LogP contribution in [0.2, 0.25) is 0 Å². The zero-order valence-corrected chi connectivity index (χ0v) is 18.2. The van der Waals surface area contributed by atoms with Gasteiger partial charge in [0.2, 0.25) is 5.91 Å². The average Bonchev–Trinajstić information content (AvgIpc) is 3.08. The molecule has 0 saturated carbocycles. The highest BCUT2D eigenvalue weighted by atomic mass is 16.2. The van der Waals surface area contributed by atoms with E-state index in [1.54, 1.807) is 0 Å². The molecule has 0 saturated heterocycles. The number of amides is 1. The first-order chi connectivity index (χ1) is 15.1. The van der Waals surface area contributed by atoms with Gasteiger partial charge in [-0.25, -0.2) is 0 Å². The fourth-order valence-electron chi connectivity index (χ4n) is 4.63. The number of benzene rings is 2. The number of rotatable bonds is 6. The van der Waals surface area contributed by atoms with Crippen LogP contribution < -0.4 is 0 Å². The van der Waals surface area contributed by atoms with E-state index in [0.29, 0.717) is 38.9 Å². The van der Waals surface area contributed by atoms with Crippen molar-refractivity contribution in [2.45, 2.75) is 52.1 Å². The Morgan fingerprint density at radius 3 is 2.65 bits per heavy atom. The molecule has 0 bridgehead atoms. The van der Waals surface area contributed by atoms with E-state index in [9.17, 15) is 4.79 Å². The van der Waals surface area contributed by atoms with E-state index in [4.69, 9.17) is 5.26 Å². The molecule has 1 amide bonds. The van der Waals surface area contributed by atoms with Gasteiger partial charge in [-0.3, -0.25) is 9.48 Å². The van der Waals surface area contributed by atoms with E-state index in [0.717, 1.165) is 17.0 Å². The average molecular weight is 413 g/mol. The minimum absolute atomic E-state index is 0.180. The second kappa shape index (κ2) is 9.18. The minimum atomic E-state index is 0.180. The quantitative estimate of drug-likeness (QED) is 0.598. The van der Waals surface area contributed by atoms with Crippen LogP contribution in [-0.2, 0) is 24.3 Å². The Morgan fingerprint density at radius 1 is 1.13 bits per heavy atom. The number of nitriles is 1. The maximum Gasteiger partial charge on any atom is 0.223 e. The lowest BCUT2D eigenvalue weighted by Gasteiger charge is -2.35. The smallest absolute Gasteiger partial charge is 0.223 e. The molecule has 31 heavy (non-hydrogen) atoms. The summed E-state index contributed by atoms with van der Waals surface area (Å²) in [6.45, 7) is 5.98. The summed E-state index contributed by atoms with van der Waals surface area (Å²) in [6, 6.07) is 21.1. The van der Waals surface area contributed by atoms with Crippen LogP contribution in [0.4, 0.5) is 0 Å². The molecular formula is C26H28N4O. The van der Waals surface area contributed by atoms with Gasteiger partial charge in [-0.2, -0.15) is 10.4 Å². The number of hydrogen-bond acceptors (Lipinski definition) is 3. The van der Waals surface area contributed by atoms with Crippen molar-refractivity contribution in [2.75, 3.05) is 6.54 Å². The minimum Gasteiger partial charge on any atom is -0.337 e. The second-order valence-corrected chi connectivity index (χ2v) is 8.22. The van der Waals surface area contributed by atoms with Crippen LogP contribution in [0.5, 0.6) is 0 Å². The van der Waals surface area contributed by atoms with E-state index in [1.807, 2.05) is 29.5 Å². The molecule has 0 aliphatic carbocycles. The van der Waals surface area contributed by atoms with Gasteiger partial charge in [0.1, 0.15) is 0 Å². The van der Waals surface area contributed by atoms with Crippen LogP contribution in [0.3, 0.4) is 0 Å². The van der Waals surface area contributed by atoms with Crippen molar-refractivity contribution in [3.05, 3.63) is 88.2 Å². The second-order valence-electron chi connectivity index (χ2n) is 8.22. The molecule has 1 atom stereocenters. The van der Waals surface area contributed by atoms with Gasteiger partial charge in [0.25, 0.3) is 0 Å². The standard InChI is InChI=1S/C26H28N4O/c1-19-23(20(2)30(28-19)16-8-15-27)13-14-26(31)29-17-22-11-6-7-12-24(22)25(18-29)21-9-4-3-5-10-21/h3-7,9-12,25H,8,13-14,16-18H2,1-2H3/t25-/m0/s1. The van der Waals surface area contributed by atoms with Crippen LogP contribution in [0, 0.1) is 25.2 Å². The fraction of sp³-hybridized carbons (Fsp3) is 0.346. The molecule has 4 rings (SSSR count). The molecule has 5 nitrogen and oxygen atoms in total. The first-order valence-electron chi connectivity index (χ1n) is 10.9. The van der Waals surface area contributed by atoms with Crippen molar-refractivity contribution in [3.63, 3.8) is 0 Å². The lowest BCUT2D eigenvalue weighted by atomic mass is 9.84. The number of aryl methyl sites for hydroxylation is 2. The van der Waals surface area contributed by atoms with Gasteiger partial charge < -0.3 is 4.90 Å². The molecule has 158 valence electrons. The zero-order valence-electron chi connectivity index (χ0n) is 18.2. The van der Waals surface area contributed by atoms with E-state index < -0.39 is 0 Å². The van der Waals surface area contributed by atoms with Gasteiger partial charge in [0, 0.05) is 31.1 Å². The van der Waals surface area contributed by atoms with E-state index in [-0.39, 0.29) is 11.8 Å². The molecular weight excluding hydrogens is 384 g/mol. The van der Waals surface area contributed by atoms with Gasteiger partial charge in [-0.15, -0.1) is 0 Å². The van der Waals surface area contributed by atoms with Gasteiger partial charge >= 0.3 is 0 Å². The third-order valence-electron chi connectivity index (χ3n) is 6.30. The maximum absolute atomic E-state index is 13.2. The molecule has 0 N–H and O–H groups in total. The molecule has 0 unspecified atom stereocenters. The van der Waals surface area contributed by atoms with Crippen LogP contribution >= 0.6 is 0 Å². The summed E-state index contributed by atoms with van der Waals surface area (Å²) in [5.41, 5.74) is 6.94. The number of carbonyl (C=O) groups is 1. The number of carbonyl (C=O) groups excluding carboxylic acids is 1. The topological polar surface area (TPSA) is 61.9 Å². The first kappa shape index (κ1) is 20.9. The van der Waals surface area contributed by atoms with Crippen LogP contribution in [0.15, 0.2) is 54.6 Å². The zero-order chi connectivity index (χ0) is 21.8. The molecule has 1 aliphatic rings. The Bertz CT molecular complexity index is 1110. The molecule has 2 heterocycles. The van der Waals surface area contributed by atoms with Crippen molar-refractivity contribution < 1.29 is 4.79 Å². The van der Waals surface area contributed by atoms with Crippen LogP contribution in [0.1, 0.15) is 52.4 Å². The first-order valence-corrected chi connectivity index (χ1v) is 10.9. The maximum atomic E-state index is 13.2. The Hall–Kier alpha value is -3.39. The highest BCUT2D eigenvalue weighted by Gasteiger charge is 2.29. The number of aromatic nitrogens is 2. The van der Waals surface area contributed by atoms with Gasteiger partial charge in [0.05, 0.1) is 24.7 Å². The molecule has 0 radical (unpaired) electrons. The SMILES string of the molecule is Cc1nn(CCC#N)c(C)c1CCC(=O)N1Cc2ccccc2[C@H](c2ccccc2)C1. The van der Waals surface area contributed by atoms with Gasteiger partial charge in [-0.05, 0) is 42.5 Å². The van der Waals surface area contributed by atoms with Crippen molar-refractivity contribution in [2.24, 2.45) is 0 Å². The van der Waals surface area contributed by atoms with Crippen molar-refractivity contribution in [1.82, 2.24) is 14.7 Å². The lowest BCUT2D eigenvalue weighted by Crippen LogP contribution is -2.38. The third kappa shape index (κ3) is 4.39. The molecule has 2 aromatic carbocycles. The summed E-state index contributed by atoms with van der Waals surface area (Å²) in [6.07, 6.45) is 1.58. The highest BCUT2D eigenvalue weighted by molar-refractivity contribution is 5.77. The van der Waals surface area contributed by atoms with E-state index in [1.165, 1.54) is 16.7 Å². The van der Waals surface area contributed by atoms with Crippen molar-refractivity contribution >= 4 is 5.91 Å². The largest absolute Gasteiger partial charge is 0.337 e. The molecule has 0 fully saturated rings. The summed E-state index contributed by atoms with van der Waals surface area (Å²) in [5, 5.41) is 13.4. The summed E-state index contributed by atoms with van der Waals surface area (Å²) >= 11 is 0. The predicted molar refractivity (Wildman–Crippen MR) is 120 cm³/mol. The van der Waals surface area contributed by atoms with E-state index in [2.05, 4.69) is 59.7 Å². The third-order valence-corrected chi connectivity index (χ3v) is 6.30. The Labute approximate surface area is 183 Å². The lowest BCUT2D eigenvalue weighted by molar-refractivity contribution is -0.132. The van der Waals surface area contributed by atoms with Crippen molar-refractivity contribution in [3.8, 4) is 6.07 Å². The molecule has 5 heteroatoms. The highest BCUT2D eigenvalue weighted by Crippen LogP contribution is 2.33. The van der Waals surface area contributed by atoms with Crippen LogP contribution in [-0.4, -0.2) is 27.1 Å². The molecule has 0 spiro atoms. The number of nitrogens with zero attached hydrogens (tertiary/aromatic N) is 4. The van der Waals surface area contributed by atoms with Gasteiger partial charge in [0.15, 0.2) is 0 Å². The van der Waals surface area contributed by atoms with Gasteiger partial charge in [-0.1, -0.05) is 54.6 Å². The fourth-order valence-corrected chi connectivity index (χ4v) is 4.63. The summed E-state index contributed by atoms with van der Waals surface area (Å²) in [7, 11) is 0. The van der Waals surface area contributed by atoms with Crippen LogP contribution in [0.25, 0.3) is 0 Å².